The average Bonchev–Trinajstić information content (AvgIpc) is 3.70. The molecule has 0 saturated carbocycles. The third-order valence-electron chi connectivity index (χ3n) is 10.0. The van der Waals surface area contributed by atoms with Crippen molar-refractivity contribution in [3.8, 4) is 0 Å². The lowest BCUT2D eigenvalue weighted by molar-refractivity contribution is -0.147. The zero-order valence-electron chi connectivity index (χ0n) is 27.3. The summed E-state index contributed by atoms with van der Waals surface area (Å²) in [6, 6.07) is -0.423. The molecule has 228 valence electrons. The van der Waals surface area contributed by atoms with E-state index in [9.17, 15) is 9.90 Å². The number of aliphatic imine (C=N–C) groups is 2. The molecule has 0 saturated heterocycles. The van der Waals surface area contributed by atoms with E-state index in [1.807, 2.05) is 6.92 Å². The van der Waals surface area contributed by atoms with E-state index in [0.29, 0.717) is 12.8 Å². The third kappa shape index (κ3) is 4.74. The molecule has 0 radical (unpaired) electrons. The van der Waals surface area contributed by atoms with Crippen molar-refractivity contribution in [2.75, 3.05) is 0 Å². The summed E-state index contributed by atoms with van der Waals surface area (Å²) in [4.78, 5) is 27.5. The molecule has 0 amide bonds. The average molecular weight is 581 g/mol. The quantitative estimate of drug-likeness (QED) is 0.302. The summed E-state index contributed by atoms with van der Waals surface area (Å²) in [7, 11) is 0. The molecular formula is C37H48N4O2. The largest absolute Gasteiger partial charge is 0.481 e. The molecule has 43 heavy (non-hydrogen) atoms. The van der Waals surface area contributed by atoms with Gasteiger partial charge in [0.2, 0.25) is 0 Å². The van der Waals surface area contributed by atoms with Gasteiger partial charge in [-0.25, -0.2) is 9.98 Å². The molecular weight excluding hydrogens is 532 g/mol. The number of aliphatic carboxylic acids is 1. The number of rotatable bonds is 9. The highest BCUT2D eigenvalue weighted by Gasteiger charge is 2.52. The van der Waals surface area contributed by atoms with E-state index >= 15 is 0 Å². The highest BCUT2D eigenvalue weighted by Crippen LogP contribution is 2.47. The van der Waals surface area contributed by atoms with Crippen molar-refractivity contribution in [2.24, 2.45) is 15.4 Å². The first kappa shape index (κ1) is 30.8. The number of allylic oxidation sites excluding steroid dienone is 5. The predicted octanol–water partition coefficient (Wildman–Crippen LogP) is 6.74. The van der Waals surface area contributed by atoms with Gasteiger partial charge in [0.05, 0.1) is 28.9 Å². The summed E-state index contributed by atoms with van der Waals surface area (Å²) in [6.45, 7) is 17.3. The molecule has 4 aliphatic rings. The number of aromatic amines is 1. The second-order valence-corrected chi connectivity index (χ2v) is 11.8. The first-order chi connectivity index (χ1) is 20.8. The number of hydrogen-bond acceptors (Lipinski definition) is 4. The smallest absolute Gasteiger partial charge is 0.316 e. The molecule has 5 heterocycles. The van der Waals surface area contributed by atoms with Crippen LogP contribution < -0.4 is 16.0 Å². The van der Waals surface area contributed by atoms with E-state index in [2.05, 4.69) is 83.1 Å². The molecule has 0 spiro atoms. The number of nitrogens with one attached hydrogen (secondary N) is 2. The third-order valence-corrected chi connectivity index (χ3v) is 10.0. The Kier molecular flexibility index (Phi) is 8.69. The van der Waals surface area contributed by atoms with Crippen molar-refractivity contribution in [1.82, 2.24) is 10.3 Å². The lowest BCUT2D eigenvalue weighted by atomic mass is 9.72. The molecule has 1 aromatic heterocycles. The topological polar surface area (TPSA) is 89.8 Å². The van der Waals surface area contributed by atoms with Gasteiger partial charge >= 0.3 is 5.97 Å². The fourth-order valence-corrected chi connectivity index (χ4v) is 7.94. The summed E-state index contributed by atoms with van der Waals surface area (Å²) >= 11 is 0. The number of H-pyrrole nitrogens is 1. The van der Waals surface area contributed by atoms with Crippen LogP contribution in [0, 0.1) is 5.41 Å². The van der Waals surface area contributed by atoms with E-state index < -0.39 is 17.4 Å². The molecule has 6 nitrogen and oxygen atoms in total. The van der Waals surface area contributed by atoms with Gasteiger partial charge in [0, 0.05) is 16.4 Å². The molecule has 1 aromatic rings. The number of aromatic nitrogens is 1. The van der Waals surface area contributed by atoms with E-state index in [0.717, 1.165) is 83.3 Å². The Hall–Kier alpha value is -3.67. The van der Waals surface area contributed by atoms with Gasteiger partial charge in [0.15, 0.2) is 0 Å². The van der Waals surface area contributed by atoms with Crippen LogP contribution in [-0.4, -0.2) is 33.5 Å². The molecule has 5 rings (SSSR count). The van der Waals surface area contributed by atoms with Crippen LogP contribution >= 0.6 is 0 Å². The first-order valence-corrected chi connectivity index (χ1v) is 16.5. The van der Waals surface area contributed by atoms with Gasteiger partial charge in [-0.3, -0.25) is 4.79 Å². The Morgan fingerprint density at radius 1 is 0.721 bits per heavy atom. The maximum atomic E-state index is 13.2. The highest BCUT2D eigenvalue weighted by molar-refractivity contribution is 6.24. The zero-order chi connectivity index (χ0) is 31.1. The Morgan fingerprint density at radius 3 is 1.67 bits per heavy atom. The Morgan fingerprint density at radius 2 is 1.23 bits per heavy atom. The van der Waals surface area contributed by atoms with Crippen molar-refractivity contribution in [1.29, 1.82) is 0 Å². The van der Waals surface area contributed by atoms with Gasteiger partial charge in [0.1, 0.15) is 5.41 Å². The Labute approximate surface area is 256 Å². The van der Waals surface area contributed by atoms with Crippen LogP contribution in [0.5, 0.6) is 0 Å². The summed E-state index contributed by atoms with van der Waals surface area (Å²) in [5.41, 5.74) is 12.2. The molecule has 3 N–H and O–H groups in total. The second kappa shape index (κ2) is 12.1. The van der Waals surface area contributed by atoms with Crippen LogP contribution in [-0.2, 0) is 17.6 Å². The van der Waals surface area contributed by atoms with Crippen LogP contribution in [0.4, 0.5) is 0 Å². The van der Waals surface area contributed by atoms with Crippen LogP contribution in [0.15, 0.2) is 67.1 Å². The van der Waals surface area contributed by atoms with Gasteiger partial charge < -0.3 is 15.4 Å². The SMILES string of the molecule is CCC1=C(CC)C2=NC1=CC1=C(CC)C(CC)(C(=O)O)C(C=C3N=C(C=c4[nH]c(c(CC)c4CC)=C2)C(CC)=C3CC)N1. The standard InChI is InChI=1S/C37H48N4O2/c1-9-21-22(10-2)29-18-31-25(13-5)26(14-6)33(40-31)20-35-37(16-8,36(42)43)27(15-7)34(41-35)19-32-24(12-4)23(11-3)30(39-32)17-28(21)38-29/h17-20,35,38,41H,9-16H2,1-8H3,(H,42,43). The van der Waals surface area contributed by atoms with Gasteiger partial charge in [-0.1, -0.05) is 55.4 Å². The van der Waals surface area contributed by atoms with Gasteiger partial charge in [-0.05, 0) is 115 Å². The summed E-state index contributed by atoms with van der Waals surface area (Å²) in [5.74, 6) is -0.790. The fraction of sp³-hybridized carbons (Fsp3) is 0.486. The Balaban J connectivity index is 1.93. The molecule has 0 aliphatic carbocycles. The Bertz CT molecular complexity index is 1700. The minimum absolute atomic E-state index is 0.423. The van der Waals surface area contributed by atoms with E-state index in [4.69, 9.17) is 9.98 Å². The number of hydrogen-bond donors (Lipinski definition) is 3. The molecule has 2 unspecified atom stereocenters. The van der Waals surface area contributed by atoms with Crippen LogP contribution in [0.3, 0.4) is 0 Å². The van der Waals surface area contributed by atoms with Crippen molar-refractivity contribution in [3.63, 3.8) is 0 Å². The van der Waals surface area contributed by atoms with Crippen LogP contribution in [0.1, 0.15) is 105 Å². The monoisotopic (exact) mass is 580 g/mol. The van der Waals surface area contributed by atoms with Gasteiger partial charge in [-0.2, -0.15) is 0 Å². The lowest BCUT2D eigenvalue weighted by Gasteiger charge is -2.31. The fourth-order valence-electron chi connectivity index (χ4n) is 7.94. The maximum Gasteiger partial charge on any atom is 0.316 e. The molecule has 6 heteroatoms. The van der Waals surface area contributed by atoms with E-state index in [1.165, 1.54) is 33.4 Å². The van der Waals surface area contributed by atoms with Crippen LogP contribution in [0.25, 0.3) is 12.2 Å². The van der Waals surface area contributed by atoms with Crippen molar-refractivity contribution >= 4 is 29.5 Å². The number of carboxylic acid groups (broad SMARTS) is 1. The number of nitrogens with zero attached hydrogens (tertiary/aromatic N) is 2. The minimum atomic E-state index is -1.06. The summed E-state index contributed by atoms with van der Waals surface area (Å²) in [5, 5.41) is 16.8. The second-order valence-electron chi connectivity index (χ2n) is 11.8. The summed E-state index contributed by atoms with van der Waals surface area (Å²) in [6.07, 6.45) is 15.1. The zero-order valence-corrected chi connectivity index (χ0v) is 27.3. The van der Waals surface area contributed by atoms with E-state index in [1.54, 1.807) is 0 Å². The predicted molar refractivity (Wildman–Crippen MR) is 179 cm³/mol. The number of carboxylic acids is 1. The summed E-state index contributed by atoms with van der Waals surface area (Å²) < 4.78 is 0. The lowest BCUT2D eigenvalue weighted by Crippen LogP contribution is -2.44. The van der Waals surface area contributed by atoms with Crippen molar-refractivity contribution in [3.05, 3.63) is 78.9 Å². The molecule has 4 aliphatic heterocycles. The number of fused-ring (bicyclic) bond motifs is 6. The highest BCUT2D eigenvalue weighted by atomic mass is 16.4. The first-order valence-electron chi connectivity index (χ1n) is 16.5. The molecule has 0 fully saturated rings. The minimum Gasteiger partial charge on any atom is -0.481 e. The normalized spacial score (nSPS) is 23.1. The van der Waals surface area contributed by atoms with E-state index in [-0.39, 0.29) is 0 Å². The van der Waals surface area contributed by atoms with Gasteiger partial charge in [-0.15, -0.1) is 0 Å². The van der Waals surface area contributed by atoms with Crippen molar-refractivity contribution in [2.45, 2.75) is 113 Å². The van der Waals surface area contributed by atoms with Gasteiger partial charge in [0.25, 0.3) is 0 Å². The molecule has 0 aromatic carbocycles. The number of carbonyl (C=O) groups is 1. The molecule has 8 bridgehead atoms. The van der Waals surface area contributed by atoms with Crippen molar-refractivity contribution < 1.29 is 9.90 Å². The van der Waals surface area contributed by atoms with Crippen LogP contribution in [0.2, 0.25) is 0 Å². The molecule has 2 atom stereocenters. The maximum absolute atomic E-state index is 13.2.